The lowest BCUT2D eigenvalue weighted by Crippen LogP contribution is -2.26. The molecule has 0 radical (unpaired) electrons. The van der Waals surface area contributed by atoms with E-state index in [0.717, 1.165) is 5.39 Å². The highest BCUT2D eigenvalue weighted by Gasteiger charge is 2.37. The molecule has 0 aliphatic carbocycles. The standard InChI is InChI=1S/C21H18ClN3O4/c1-4-7-28-21(26)17-11(2)29-20(24)15(10-23)18(17)14-9-12-8-13(27-3)5-6-16(12)25-19(14)22/h4-6,8-9,18H,1,7,24H2,2-3H3/t18-/m0/s1. The first-order valence-electron chi connectivity index (χ1n) is 8.61. The van der Waals surface area contributed by atoms with E-state index in [-0.39, 0.29) is 34.5 Å². The summed E-state index contributed by atoms with van der Waals surface area (Å²) in [7, 11) is 1.56. The average Bonchev–Trinajstić information content (AvgIpc) is 2.70. The highest BCUT2D eigenvalue weighted by atomic mass is 35.5. The minimum Gasteiger partial charge on any atom is -0.497 e. The number of halogens is 1. The fourth-order valence-electron chi connectivity index (χ4n) is 3.15. The van der Waals surface area contributed by atoms with Gasteiger partial charge in [0.25, 0.3) is 0 Å². The van der Waals surface area contributed by atoms with Gasteiger partial charge in [-0.3, -0.25) is 0 Å². The summed E-state index contributed by atoms with van der Waals surface area (Å²) in [6.07, 6.45) is 1.44. The Morgan fingerprint density at radius 1 is 1.48 bits per heavy atom. The van der Waals surface area contributed by atoms with Gasteiger partial charge in [0.05, 0.1) is 24.1 Å². The SMILES string of the molecule is C=CCOC(=O)C1=C(C)OC(N)=C(C#N)[C@@H]1c1cc2cc(OC)ccc2nc1Cl. The number of fused-ring (bicyclic) bond motifs is 1. The third-order valence-corrected chi connectivity index (χ3v) is 4.77. The van der Waals surface area contributed by atoms with Gasteiger partial charge in [0.2, 0.25) is 5.88 Å². The first-order valence-corrected chi connectivity index (χ1v) is 8.99. The summed E-state index contributed by atoms with van der Waals surface area (Å²) in [6, 6.07) is 9.09. The molecule has 29 heavy (non-hydrogen) atoms. The van der Waals surface area contributed by atoms with Gasteiger partial charge in [-0.25, -0.2) is 9.78 Å². The molecule has 1 aliphatic heterocycles. The van der Waals surface area contributed by atoms with E-state index in [4.69, 9.17) is 31.5 Å². The first kappa shape index (κ1) is 20.2. The summed E-state index contributed by atoms with van der Waals surface area (Å²) >= 11 is 6.46. The van der Waals surface area contributed by atoms with Crippen LogP contribution in [0.5, 0.6) is 5.75 Å². The number of rotatable bonds is 5. The molecule has 1 aromatic heterocycles. The molecule has 0 saturated heterocycles. The topological polar surface area (TPSA) is 107 Å². The summed E-state index contributed by atoms with van der Waals surface area (Å²) in [4.78, 5) is 17.1. The minimum atomic E-state index is -0.887. The third kappa shape index (κ3) is 3.75. The monoisotopic (exact) mass is 411 g/mol. The lowest BCUT2D eigenvalue weighted by molar-refractivity contribution is -0.138. The van der Waals surface area contributed by atoms with Crippen molar-refractivity contribution in [2.75, 3.05) is 13.7 Å². The smallest absolute Gasteiger partial charge is 0.338 e. The predicted molar refractivity (Wildman–Crippen MR) is 108 cm³/mol. The molecule has 3 rings (SSSR count). The van der Waals surface area contributed by atoms with Crippen LogP contribution in [-0.4, -0.2) is 24.7 Å². The fourth-order valence-corrected chi connectivity index (χ4v) is 3.40. The molecule has 8 heteroatoms. The molecule has 2 N–H and O–H groups in total. The molecule has 0 saturated carbocycles. The molecule has 0 bridgehead atoms. The number of hydrogen-bond acceptors (Lipinski definition) is 7. The molecule has 0 fully saturated rings. The van der Waals surface area contributed by atoms with Crippen LogP contribution < -0.4 is 10.5 Å². The van der Waals surface area contributed by atoms with Crippen LogP contribution in [-0.2, 0) is 14.3 Å². The second kappa shape index (κ2) is 8.25. The molecular weight excluding hydrogens is 394 g/mol. The molecule has 1 aromatic carbocycles. The van der Waals surface area contributed by atoms with Crippen LogP contribution in [0.1, 0.15) is 18.4 Å². The molecule has 1 atom stereocenters. The largest absolute Gasteiger partial charge is 0.497 e. The molecule has 0 spiro atoms. The Morgan fingerprint density at radius 3 is 2.90 bits per heavy atom. The van der Waals surface area contributed by atoms with E-state index in [1.165, 1.54) is 6.08 Å². The number of carbonyl (C=O) groups is 1. The number of nitrogens with two attached hydrogens (primary N) is 1. The van der Waals surface area contributed by atoms with Crippen LogP contribution in [0.4, 0.5) is 0 Å². The summed E-state index contributed by atoms with van der Waals surface area (Å²) < 4.78 is 15.9. The molecule has 7 nitrogen and oxygen atoms in total. The number of nitrogens with zero attached hydrogens (tertiary/aromatic N) is 2. The van der Waals surface area contributed by atoms with E-state index in [2.05, 4.69) is 11.6 Å². The van der Waals surface area contributed by atoms with Gasteiger partial charge in [0.1, 0.15) is 34.9 Å². The normalized spacial score (nSPS) is 16.3. The van der Waals surface area contributed by atoms with Crippen molar-refractivity contribution < 1.29 is 19.0 Å². The molecular formula is C21H18ClN3O4. The fraction of sp³-hybridized carbons (Fsp3) is 0.190. The van der Waals surface area contributed by atoms with E-state index < -0.39 is 11.9 Å². The Morgan fingerprint density at radius 2 is 2.24 bits per heavy atom. The summed E-state index contributed by atoms with van der Waals surface area (Å²) in [5.41, 5.74) is 7.17. The van der Waals surface area contributed by atoms with E-state index >= 15 is 0 Å². The molecule has 0 unspecified atom stereocenters. The number of carbonyl (C=O) groups excluding carboxylic acids is 1. The Labute approximate surface area is 172 Å². The van der Waals surface area contributed by atoms with Crippen molar-refractivity contribution in [3.63, 3.8) is 0 Å². The van der Waals surface area contributed by atoms with Crippen molar-refractivity contribution in [3.05, 3.63) is 70.4 Å². The van der Waals surface area contributed by atoms with Gasteiger partial charge >= 0.3 is 5.97 Å². The number of allylic oxidation sites excluding steroid dienone is 2. The number of esters is 1. The highest BCUT2D eigenvalue weighted by molar-refractivity contribution is 6.30. The number of ether oxygens (including phenoxy) is 3. The van der Waals surface area contributed by atoms with Gasteiger partial charge in [0.15, 0.2) is 0 Å². The zero-order valence-electron chi connectivity index (χ0n) is 15.9. The van der Waals surface area contributed by atoms with E-state index in [1.54, 1.807) is 38.3 Å². The maximum atomic E-state index is 12.7. The lowest BCUT2D eigenvalue weighted by atomic mass is 9.83. The Hall–Kier alpha value is -3.50. The van der Waals surface area contributed by atoms with Crippen molar-refractivity contribution in [2.24, 2.45) is 5.73 Å². The van der Waals surface area contributed by atoms with E-state index in [0.29, 0.717) is 16.8 Å². The van der Waals surface area contributed by atoms with Gasteiger partial charge < -0.3 is 19.9 Å². The number of methoxy groups -OCH3 is 1. The summed E-state index contributed by atoms with van der Waals surface area (Å²) in [5.74, 6) is -0.789. The van der Waals surface area contributed by atoms with Crippen molar-refractivity contribution in [1.29, 1.82) is 5.26 Å². The number of hydrogen-bond donors (Lipinski definition) is 1. The first-order chi connectivity index (χ1) is 13.9. The quantitative estimate of drug-likeness (QED) is 0.454. The average molecular weight is 412 g/mol. The maximum absolute atomic E-state index is 12.7. The molecule has 0 amide bonds. The third-order valence-electron chi connectivity index (χ3n) is 4.47. The van der Waals surface area contributed by atoms with Crippen molar-refractivity contribution >= 4 is 28.5 Å². The van der Waals surface area contributed by atoms with E-state index in [9.17, 15) is 10.1 Å². The zero-order valence-corrected chi connectivity index (χ0v) is 16.6. The second-order valence-corrected chi connectivity index (χ2v) is 6.57. The van der Waals surface area contributed by atoms with Crippen LogP contribution in [0.2, 0.25) is 5.15 Å². The van der Waals surface area contributed by atoms with Crippen molar-refractivity contribution in [1.82, 2.24) is 4.98 Å². The molecule has 1 aliphatic rings. The Kier molecular flexibility index (Phi) is 5.76. The molecule has 2 heterocycles. The number of aromatic nitrogens is 1. The number of benzene rings is 1. The Bertz CT molecular complexity index is 1110. The van der Waals surface area contributed by atoms with Crippen LogP contribution in [0, 0.1) is 11.3 Å². The van der Waals surface area contributed by atoms with Gasteiger partial charge in [-0.15, -0.1) is 0 Å². The van der Waals surface area contributed by atoms with Crippen LogP contribution in [0.15, 0.2) is 59.7 Å². The van der Waals surface area contributed by atoms with Crippen LogP contribution in [0.25, 0.3) is 10.9 Å². The second-order valence-electron chi connectivity index (χ2n) is 6.21. The predicted octanol–water partition coefficient (Wildman–Crippen LogP) is 3.71. The highest BCUT2D eigenvalue weighted by Crippen LogP contribution is 2.42. The molecule has 148 valence electrons. The van der Waals surface area contributed by atoms with Crippen molar-refractivity contribution in [2.45, 2.75) is 12.8 Å². The van der Waals surface area contributed by atoms with Gasteiger partial charge in [-0.2, -0.15) is 5.26 Å². The Balaban J connectivity index is 2.23. The van der Waals surface area contributed by atoms with Gasteiger partial charge in [-0.05, 0) is 31.2 Å². The maximum Gasteiger partial charge on any atom is 0.338 e. The van der Waals surface area contributed by atoms with Gasteiger partial charge in [0, 0.05) is 10.9 Å². The summed E-state index contributed by atoms with van der Waals surface area (Å²) in [6.45, 7) is 5.11. The van der Waals surface area contributed by atoms with Gasteiger partial charge in [-0.1, -0.05) is 24.3 Å². The van der Waals surface area contributed by atoms with E-state index in [1.807, 2.05) is 6.07 Å². The van der Waals surface area contributed by atoms with Crippen LogP contribution in [0.3, 0.4) is 0 Å². The number of pyridine rings is 1. The minimum absolute atomic E-state index is 0.00428. The molecule has 2 aromatic rings. The number of nitriles is 1. The summed E-state index contributed by atoms with van der Waals surface area (Å²) in [5, 5.41) is 10.6. The zero-order chi connectivity index (χ0) is 21.1. The van der Waals surface area contributed by atoms with Crippen LogP contribution >= 0.6 is 11.6 Å². The van der Waals surface area contributed by atoms with Crippen molar-refractivity contribution in [3.8, 4) is 11.8 Å². The lowest BCUT2D eigenvalue weighted by Gasteiger charge is -2.27.